The van der Waals surface area contributed by atoms with Crippen molar-refractivity contribution in [2.45, 2.75) is 24.9 Å². The molecule has 0 unspecified atom stereocenters. The van der Waals surface area contributed by atoms with Crippen molar-refractivity contribution in [2.75, 3.05) is 19.7 Å². The Balaban J connectivity index is 1.24. The fraction of sp³-hybridized carbons (Fsp3) is 0.304. The molecule has 1 saturated heterocycles. The lowest BCUT2D eigenvalue weighted by atomic mass is 9.85. The van der Waals surface area contributed by atoms with Crippen LogP contribution in [0.15, 0.2) is 49.1 Å². The summed E-state index contributed by atoms with van der Waals surface area (Å²) in [6.45, 7) is 2.02. The highest BCUT2D eigenvalue weighted by Gasteiger charge is 2.43. The van der Waals surface area contributed by atoms with Crippen LogP contribution in [0.5, 0.6) is 0 Å². The highest BCUT2D eigenvalue weighted by atomic mass is 32.1. The van der Waals surface area contributed by atoms with Gasteiger partial charge in [0.25, 0.3) is 5.91 Å². The first-order valence-corrected chi connectivity index (χ1v) is 11.3. The van der Waals surface area contributed by atoms with Gasteiger partial charge in [-0.25, -0.2) is 4.98 Å². The van der Waals surface area contributed by atoms with Crippen LogP contribution in [0.1, 0.15) is 33.8 Å². The molecule has 2 aliphatic heterocycles. The summed E-state index contributed by atoms with van der Waals surface area (Å²) in [6.07, 6.45) is 9.55. The van der Waals surface area contributed by atoms with E-state index in [2.05, 4.69) is 26.0 Å². The molecular weight excluding hydrogens is 410 g/mol. The first kappa shape index (κ1) is 18.7. The van der Waals surface area contributed by atoms with E-state index in [0.717, 1.165) is 40.9 Å². The normalized spacial score (nSPS) is 17.7. The van der Waals surface area contributed by atoms with E-state index >= 15 is 0 Å². The number of hydrogen-bond donors (Lipinski definition) is 1. The Labute approximate surface area is 183 Å². The first-order chi connectivity index (χ1) is 15.2. The Morgan fingerprint density at radius 1 is 1.19 bits per heavy atom. The average Bonchev–Trinajstić information content (AvgIpc) is 3.47. The molecule has 2 aliphatic rings. The lowest BCUT2D eigenvalue weighted by Gasteiger charge is -2.43. The second-order valence-electron chi connectivity index (χ2n) is 8.05. The number of fused-ring (bicyclic) bond motifs is 3. The summed E-state index contributed by atoms with van der Waals surface area (Å²) in [5.41, 5.74) is 3.16. The van der Waals surface area contributed by atoms with Crippen molar-refractivity contribution < 1.29 is 9.53 Å². The van der Waals surface area contributed by atoms with Gasteiger partial charge in [0, 0.05) is 41.9 Å². The number of thiophene rings is 1. The summed E-state index contributed by atoms with van der Waals surface area (Å²) in [6, 6.07) is 7.94. The second kappa shape index (κ2) is 7.25. The zero-order valence-electron chi connectivity index (χ0n) is 16.9. The molecule has 1 amide bonds. The Kier molecular flexibility index (Phi) is 4.36. The lowest BCUT2D eigenvalue weighted by molar-refractivity contribution is -0.0906. The van der Waals surface area contributed by atoms with Gasteiger partial charge in [-0.05, 0) is 49.1 Å². The van der Waals surface area contributed by atoms with Crippen molar-refractivity contribution in [3.8, 4) is 10.6 Å². The summed E-state index contributed by atoms with van der Waals surface area (Å²) in [7, 11) is 0. The Bertz CT molecular complexity index is 1260. The Hall–Kier alpha value is -3.10. The van der Waals surface area contributed by atoms with Crippen LogP contribution < -0.4 is 0 Å². The van der Waals surface area contributed by atoms with E-state index in [1.807, 2.05) is 29.3 Å². The quantitative estimate of drug-likeness (QED) is 0.522. The number of piperidine rings is 1. The monoisotopic (exact) mass is 431 g/mol. The molecule has 4 aromatic heterocycles. The highest BCUT2D eigenvalue weighted by molar-refractivity contribution is 7.15. The van der Waals surface area contributed by atoms with Crippen LogP contribution in [0.2, 0.25) is 0 Å². The molecule has 6 heterocycles. The van der Waals surface area contributed by atoms with E-state index in [4.69, 9.17) is 4.74 Å². The second-order valence-corrected chi connectivity index (χ2v) is 9.10. The van der Waals surface area contributed by atoms with Gasteiger partial charge < -0.3 is 14.6 Å². The van der Waals surface area contributed by atoms with Crippen LogP contribution in [0, 0.1) is 0 Å². The van der Waals surface area contributed by atoms with Gasteiger partial charge >= 0.3 is 0 Å². The SMILES string of the molecule is O=C(c1ccc2cc[nH]c2n1)N1CCC2(CC1)OCCc1cc(-c3cnccn3)sc12. The third-order valence-corrected chi connectivity index (χ3v) is 7.66. The number of carbonyl (C=O) groups is 1. The van der Waals surface area contributed by atoms with Gasteiger partial charge in [-0.1, -0.05) is 0 Å². The average molecular weight is 432 g/mol. The molecule has 8 heteroatoms. The van der Waals surface area contributed by atoms with E-state index in [1.165, 1.54) is 10.4 Å². The number of nitrogens with zero attached hydrogens (tertiary/aromatic N) is 4. The first-order valence-electron chi connectivity index (χ1n) is 10.5. The zero-order chi connectivity index (χ0) is 20.8. The fourth-order valence-electron chi connectivity index (χ4n) is 4.63. The minimum atomic E-state index is -0.313. The van der Waals surface area contributed by atoms with Gasteiger partial charge in [-0.2, -0.15) is 0 Å². The van der Waals surface area contributed by atoms with Crippen molar-refractivity contribution >= 4 is 28.3 Å². The van der Waals surface area contributed by atoms with Crippen molar-refractivity contribution in [1.29, 1.82) is 0 Å². The number of carbonyl (C=O) groups excluding carboxylic acids is 1. The van der Waals surface area contributed by atoms with Gasteiger partial charge in [-0.3, -0.25) is 14.8 Å². The fourth-order valence-corrected chi connectivity index (χ4v) is 6.00. The van der Waals surface area contributed by atoms with E-state index in [1.54, 1.807) is 29.9 Å². The summed E-state index contributed by atoms with van der Waals surface area (Å²) < 4.78 is 6.38. The van der Waals surface area contributed by atoms with Crippen molar-refractivity contribution in [3.63, 3.8) is 0 Å². The topological polar surface area (TPSA) is 84.0 Å². The maximum absolute atomic E-state index is 13.1. The number of amides is 1. The van der Waals surface area contributed by atoms with Crippen LogP contribution in [-0.2, 0) is 16.8 Å². The molecular formula is C23H21N5O2S. The molecule has 1 spiro atoms. The molecule has 0 atom stereocenters. The van der Waals surface area contributed by atoms with Crippen LogP contribution in [0.3, 0.4) is 0 Å². The number of rotatable bonds is 2. The molecule has 0 bridgehead atoms. The molecule has 156 valence electrons. The third kappa shape index (κ3) is 3.14. The van der Waals surface area contributed by atoms with E-state index < -0.39 is 0 Å². The highest BCUT2D eigenvalue weighted by Crippen LogP contribution is 2.47. The number of hydrogen-bond acceptors (Lipinski definition) is 6. The number of aromatic amines is 1. The molecule has 31 heavy (non-hydrogen) atoms. The van der Waals surface area contributed by atoms with Gasteiger partial charge in [0.15, 0.2) is 0 Å². The Morgan fingerprint density at radius 3 is 2.94 bits per heavy atom. The number of ether oxygens (including phenoxy) is 1. The minimum Gasteiger partial charge on any atom is -0.369 e. The maximum atomic E-state index is 13.1. The zero-order valence-corrected chi connectivity index (χ0v) is 17.7. The smallest absolute Gasteiger partial charge is 0.272 e. The van der Waals surface area contributed by atoms with Crippen LogP contribution >= 0.6 is 11.3 Å². The largest absolute Gasteiger partial charge is 0.369 e. The minimum absolute atomic E-state index is 0.0196. The molecule has 4 aromatic rings. The van der Waals surface area contributed by atoms with Gasteiger partial charge in [0.1, 0.15) is 16.9 Å². The molecule has 1 N–H and O–H groups in total. The predicted octanol–water partition coefficient (Wildman–Crippen LogP) is 3.79. The van der Waals surface area contributed by atoms with Crippen LogP contribution in [0.25, 0.3) is 21.6 Å². The van der Waals surface area contributed by atoms with E-state index in [-0.39, 0.29) is 11.5 Å². The van der Waals surface area contributed by atoms with Crippen LogP contribution in [-0.4, -0.2) is 50.4 Å². The van der Waals surface area contributed by atoms with Gasteiger partial charge in [0.05, 0.1) is 23.4 Å². The van der Waals surface area contributed by atoms with E-state index in [0.29, 0.717) is 25.4 Å². The number of likely N-dealkylation sites (tertiary alicyclic amines) is 1. The number of nitrogens with one attached hydrogen (secondary N) is 1. The number of H-pyrrole nitrogens is 1. The molecule has 1 fully saturated rings. The Morgan fingerprint density at radius 2 is 2.10 bits per heavy atom. The van der Waals surface area contributed by atoms with E-state index in [9.17, 15) is 4.79 Å². The standard InChI is InChI=1S/C23H21N5O2S/c29-22(17-2-1-15-3-7-26-21(15)27-17)28-10-5-23(6-11-28)20-16(4-12-30-23)13-19(31-20)18-14-24-8-9-25-18/h1-3,7-9,13-14H,4-6,10-12H2,(H,26,27). The summed E-state index contributed by atoms with van der Waals surface area (Å²) in [4.78, 5) is 33.6. The number of aromatic nitrogens is 4. The van der Waals surface area contributed by atoms with Gasteiger partial charge in [0.2, 0.25) is 0 Å². The summed E-state index contributed by atoms with van der Waals surface area (Å²) >= 11 is 1.75. The van der Waals surface area contributed by atoms with Gasteiger partial charge in [-0.15, -0.1) is 11.3 Å². The molecule has 6 rings (SSSR count). The molecule has 0 radical (unpaired) electrons. The summed E-state index contributed by atoms with van der Waals surface area (Å²) in [5.74, 6) is -0.0196. The lowest BCUT2D eigenvalue weighted by Crippen LogP contribution is -2.48. The molecule has 0 saturated carbocycles. The molecule has 0 aliphatic carbocycles. The molecule has 0 aromatic carbocycles. The van der Waals surface area contributed by atoms with Crippen molar-refractivity contribution in [1.82, 2.24) is 24.8 Å². The van der Waals surface area contributed by atoms with Crippen molar-refractivity contribution in [3.05, 3.63) is 65.2 Å². The predicted molar refractivity (Wildman–Crippen MR) is 118 cm³/mol. The van der Waals surface area contributed by atoms with Crippen molar-refractivity contribution in [2.24, 2.45) is 0 Å². The maximum Gasteiger partial charge on any atom is 0.272 e. The summed E-state index contributed by atoms with van der Waals surface area (Å²) in [5, 5.41) is 1.01. The number of pyridine rings is 1. The molecule has 7 nitrogen and oxygen atoms in total. The third-order valence-electron chi connectivity index (χ3n) is 6.28. The van der Waals surface area contributed by atoms with Crippen LogP contribution in [0.4, 0.5) is 0 Å².